The second-order valence-electron chi connectivity index (χ2n) is 7.43. The Morgan fingerprint density at radius 3 is 2.56 bits per heavy atom. The van der Waals surface area contributed by atoms with Crippen molar-refractivity contribution in [2.24, 2.45) is 5.92 Å². The van der Waals surface area contributed by atoms with E-state index >= 15 is 0 Å². The maximum absolute atomic E-state index is 13.1. The molecule has 3 heterocycles. The van der Waals surface area contributed by atoms with Gasteiger partial charge in [-0.25, -0.2) is 4.98 Å². The molecular weight excluding hydrogens is 316 g/mol. The molecule has 25 heavy (non-hydrogen) atoms. The summed E-state index contributed by atoms with van der Waals surface area (Å²) in [6, 6.07) is 3.25. The summed E-state index contributed by atoms with van der Waals surface area (Å²) in [4.78, 5) is 36.0. The Hall–Kier alpha value is -2.11. The first-order chi connectivity index (χ1) is 12.0. The molecular formula is C19H28N4O2. The lowest BCUT2D eigenvalue weighted by molar-refractivity contribution is -0.136. The van der Waals surface area contributed by atoms with E-state index in [4.69, 9.17) is 0 Å². The minimum absolute atomic E-state index is 0.0852. The molecule has 1 atom stereocenters. The molecule has 0 bridgehead atoms. The highest BCUT2D eigenvalue weighted by atomic mass is 16.2. The molecule has 1 aromatic rings. The van der Waals surface area contributed by atoms with E-state index in [1.54, 1.807) is 23.2 Å². The van der Waals surface area contributed by atoms with Crippen LogP contribution in [0.4, 0.5) is 5.82 Å². The highest BCUT2D eigenvalue weighted by Gasteiger charge is 2.38. The second-order valence-corrected chi connectivity index (χ2v) is 7.43. The van der Waals surface area contributed by atoms with Gasteiger partial charge in [0.15, 0.2) is 0 Å². The zero-order valence-corrected chi connectivity index (χ0v) is 15.4. The van der Waals surface area contributed by atoms with Crippen LogP contribution >= 0.6 is 0 Å². The Morgan fingerprint density at radius 2 is 1.88 bits per heavy atom. The average molecular weight is 344 g/mol. The summed E-state index contributed by atoms with van der Waals surface area (Å²) >= 11 is 0. The lowest BCUT2D eigenvalue weighted by Crippen LogP contribution is -2.50. The number of nitrogens with zero attached hydrogens (tertiary/aromatic N) is 4. The summed E-state index contributed by atoms with van der Waals surface area (Å²) in [5, 5.41) is 0. The Labute approximate surface area is 149 Å². The van der Waals surface area contributed by atoms with Gasteiger partial charge in [0.2, 0.25) is 5.91 Å². The topological polar surface area (TPSA) is 56.8 Å². The van der Waals surface area contributed by atoms with Gasteiger partial charge >= 0.3 is 0 Å². The van der Waals surface area contributed by atoms with Crippen LogP contribution in [0.25, 0.3) is 0 Å². The van der Waals surface area contributed by atoms with Crippen molar-refractivity contribution in [1.29, 1.82) is 0 Å². The first-order valence-corrected chi connectivity index (χ1v) is 9.21. The predicted octanol–water partition coefficient (Wildman–Crippen LogP) is 2.01. The Kier molecular flexibility index (Phi) is 5.25. The number of carbonyl (C=O) groups is 2. The molecule has 0 unspecified atom stereocenters. The number of rotatable bonds is 3. The van der Waals surface area contributed by atoms with E-state index < -0.39 is 0 Å². The smallest absolute Gasteiger partial charge is 0.258 e. The number of piperidine rings is 1. The number of anilines is 1. The van der Waals surface area contributed by atoms with Crippen LogP contribution in [0.1, 0.15) is 43.0 Å². The van der Waals surface area contributed by atoms with Crippen molar-refractivity contribution in [2.75, 3.05) is 38.6 Å². The molecule has 6 heteroatoms. The van der Waals surface area contributed by atoms with Crippen LogP contribution in [0.15, 0.2) is 18.3 Å². The maximum atomic E-state index is 13.1. The number of amides is 2. The summed E-state index contributed by atoms with van der Waals surface area (Å²) in [5.41, 5.74) is 0.569. The third kappa shape index (κ3) is 3.62. The van der Waals surface area contributed by atoms with Gasteiger partial charge in [0.1, 0.15) is 11.9 Å². The Morgan fingerprint density at radius 1 is 1.16 bits per heavy atom. The van der Waals surface area contributed by atoms with Crippen LogP contribution in [0.5, 0.6) is 0 Å². The fourth-order valence-electron chi connectivity index (χ4n) is 3.78. The number of carbonyl (C=O) groups excluding carboxylic acids is 2. The summed E-state index contributed by atoms with van der Waals surface area (Å²) in [6.45, 7) is 4.50. The number of aromatic nitrogens is 1. The zero-order chi connectivity index (χ0) is 18.0. The molecule has 0 N–H and O–H groups in total. The van der Waals surface area contributed by atoms with E-state index in [1.807, 2.05) is 23.9 Å². The molecule has 2 amide bonds. The van der Waals surface area contributed by atoms with E-state index in [9.17, 15) is 9.59 Å². The molecule has 3 rings (SSSR count). The normalized spacial score (nSPS) is 21.5. The van der Waals surface area contributed by atoms with Gasteiger partial charge < -0.3 is 14.7 Å². The summed E-state index contributed by atoms with van der Waals surface area (Å²) < 4.78 is 0. The van der Waals surface area contributed by atoms with Crippen LogP contribution in [0.3, 0.4) is 0 Å². The minimum atomic E-state index is -0.323. The lowest BCUT2D eigenvalue weighted by atomic mass is 9.98. The molecule has 0 saturated carbocycles. The summed E-state index contributed by atoms with van der Waals surface area (Å²) in [5.74, 6) is 1.37. The summed E-state index contributed by atoms with van der Waals surface area (Å²) in [7, 11) is 3.75. The number of hydrogen-bond acceptors (Lipinski definition) is 4. The molecule has 0 radical (unpaired) electrons. The first-order valence-electron chi connectivity index (χ1n) is 9.21. The zero-order valence-electron chi connectivity index (χ0n) is 15.4. The highest BCUT2D eigenvalue weighted by Crippen LogP contribution is 2.26. The van der Waals surface area contributed by atoms with Crippen molar-refractivity contribution in [1.82, 2.24) is 14.8 Å². The van der Waals surface area contributed by atoms with E-state index in [0.717, 1.165) is 38.8 Å². The van der Waals surface area contributed by atoms with Crippen LogP contribution in [0.2, 0.25) is 0 Å². The molecule has 2 aliphatic rings. The minimum Gasteiger partial charge on any atom is -0.362 e. The van der Waals surface area contributed by atoms with Gasteiger partial charge in [0.25, 0.3) is 5.91 Å². The highest BCUT2D eigenvalue weighted by molar-refractivity contribution is 6.01. The van der Waals surface area contributed by atoms with Crippen molar-refractivity contribution in [3.05, 3.63) is 23.9 Å². The molecule has 2 fully saturated rings. The van der Waals surface area contributed by atoms with Gasteiger partial charge in [0.05, 0.1) is 5.56 Å². The van der Waals surface area contributed by atoms with Crippen LogP contribution in [0, 0.1) is 5.92 Å². The van der Waals surface area contributed by atoms with Crippen molar-refractivity contribution in [3.8, 4) is 0 Å². The third-order valence-corrected chi connectivity index (χ3v) is 5.33. The summed E-state index contributed by atoms with van der Waals surface area (Å²) in [6.07, 6.45) is 5.44. The maximum Gasteiger partial charge on any atom is 0.258 e. The number of hydrogen-bond donors (Lipinski definition) is 0. The second kappa shape index (κ2) is 7.42. The number of likely N-dealkylation sites (tertiary alicyclic amines) is 2. The molecule has 0 spiro atoms. The monoisotopic (exact) mass is 344 g/mol. The van der Waals surface area contributed by atoms with E-state index in [-0.39, 0.29) is 17.9 Å². The predicted molar refractivity (Wildman–Crippen MR) is 97.6 cm³/mol. The van der Waals surface area contributed by atoms with Crippen LogP contribution in [-0.2, 0) is 4.79 Å². The van der Waals surface area contributed by atoms with E-state index in [2.05, 4.69) is 11.9 Å². The largest absolute Gasteiger partial charge is 0.362 e. The van der Waals surface area contributed by atoms with Crippen molar-refractivity contribution in [2.45, 2.75) is 38.6 Å². The standard InChI is InChI=1S/C19H28N4O2/c1-14-8-12-22(13-9-14)19(25)16-7-5-11-23(16)18(24)15-6-4-10-20-17(15)21(2)3/h4,6,10,14,16H,5,7-9,11-13H2,1-3H3/t16-/m0/s1. The van der Waals surface area contributed by atoms with Gasteiger partial charge in [0, 0.05) is 39.9 Å². The molecule has 2 aliphatic heterocycles. The fourth-order valence-corrected chi connectivity index (χ4v) is 3.78. The van der Waals surface area contributed by atoms with Gasteiger partial charge in [-0.2, -0.15) is 0 Å². The van der Waals surface area contributed by atoms with Crippen molar-refractivity contribution < 1.29 is 9.59 Å². The Bertz CT molecular complexity index is 638. The van der Waals surface area contributed by atoms with Crippen molar-refractivity contribution in [3.63, 3.8) is 0 Å². The number of pyridine rings is 1. The third-order valence-electron chi connectivity index (χ3n) is 5.33. The molecule has 136 valence electrons. The fraction of sp³-hybridized carbons (Fsp3) is 0.632. The molecule has 6 nitrogen and oxygen atoms in total. The molecule has 0 aromatic carbocycles. The van der Waals surface area contributed by atoms with Gasteiger partial charge in [-0.15, -0.1) is 0 Å². The molecule has 1 aromatic heterocycles. The quantitative estimate of drug-likeness (QED) is 0.842. The average Bonchev–Trinajstić information content (AvgIpc) is 3.10. The lowest BCUT2D eigenvalue weighted by Gasteiger charge is -2.34. The Balaban J connectivity index is 1.77. The SMILES string of the molecule is CC1CCN(C(=O)[C@@H]2CCCN2C(=O)c2cccnc2N(C)C)CC1. The van der Waals surface area contributed by atoms with Crippen LogP contribution < -0.4 is 4.90 Å². The van der Waals surface area contributed by atoms with E-state index in [0.29, 0.717) is 23.8 Å². The molecule has 0 aliphatic carbocycles. The van der Waals surface area contributed by atoms with Gasteiger partial charge in [-0.1, -0.05) is 6.92 Å². The van der Waals surface area contributed by atoms with E-state index in [1.165, 1.54) is 0 Å². The van der Waals surface area contributed by atoms with Gasteiger partial charge in [-0.05, 0) is 43.7 Å². The first kappa shape index (κ1) is 17.7. The molecule has 2 saturated heterocycles. The van der Waals surface area contributed by atoms with Crippen LogP contribution in [-0.4, -0.2) is 66.4 Å². The van der Waals surface area contributed by atoms with Gasteiger partial charge in [-0.3, -0.25) is 9.59 Å². The van der Waals surface area contributed by atoms with Crippen molar-refractivity contribution >= 4 is 17.6 Å².